The summed E-state index contributed by atoms with van der Waals surface area (Å²) in [6.07, 6.45) is 3.39. The maximum Gasteiger partial charge on any atom is 0.252 e. The van der Waals surface area contributed by atoms with Crippen molar-refractivity contribution >= 4 is 11.7 Å². The molecule has 1 fully saturated rings. The highest BCUT2D eigenvalue weighted by molar-refractivity contribution is 5.99. The van der Waals surface area contributed by atoms with Crippen LogP contribution in [0.1, 0.15) is 40.9 Å². The first-order chi connectivity index (χ1) is 8.99. The van der Waals surface area contributed by atoms with Gasteiger partial charge in [-0.15, -0.1) is 0 Å². The van der Waals surface area contributed by atoms with E-state index >= 15 is 0 Å². The Balaban J connectivity index is 2.17. The van der Waals surface area contributed by atoms with E-state index in [2.05, 4.69) is 10.3 Å². The minimum Gasteiger partial charge on any atom is -0.369 e. The van der Waals surface area contributed by atoms with Crippen LogP contribution < -0.4 is 16.8 Å². The first-order valence-corrected chi connectivity index (χ1v) is 6.76. The predicted molar refractivity (Wildman–Crippen MR) is 76.0 cm³/mol. The summed E-state index contributed by atoms with van der Waals surface area (Å²) in [6, 6.07) is 2.11. The van der Waals surface area contributed by atoms with E-state index in [9.17, 15) is 4.79 Å². The summed E-state index contributed by atoms with van der Waals surface area (Å²) in [5, 5.41) is 3.26. The SMILES string of the molecule is Cc1cc(C)c(C(N)=O)c(NCC2CCCC2N)n1. The largest absolute Gasteiger partial charge is 0.369 e. The normalized spacial score (nSPS) is 22.5. The predicted octanol–water partition coefficient (Wildman–Crippen LogP) is 1.34. The van der Waals surface area contributed by atoms with E-state index in [1.807, 2.05) is 19.9 Å². The molecule has 0 bridgehead atoms. The van der Waals surface area contributed by atoms with E-state index in [0.29, 0.717) is 17.3 Å². The molecule has 1 aliphatic rings. The van der Waals surface area contributed by atoms with Crippen LogP contribution in [0.2, 0.25) is 0 Å². The number of anilines is 1. The highest BCUT2D eigenvalue weighted by atomic mass is 16.1. The molecule has 0 aromatic carbocycles. The number of hydrogen-bond acceptors (Lipinski definition) is 4. The maximum absolute atomic E-state index is 11.5. The Hall–Kier alpha value is -1.62. The Kier molecular flexibility index (Phi) is 4.04. The summed E-state index contributed by atoms with van der Waals surface area (Å²) in [4.78, 5) is 15.9. The molecule has 5 heteroatoms. The third kappa shape index (κ3) is 3.04. The van der Waals surface area contributed by atoms with Crippen LogP contribution in [-0.4, -0.2) is 23.5 Å². The second kappa shape index (κ2) is 5.57. The molecule has 1 amide bonds. The van der Waals surface area contributed by atoms with Crippen LogP contribution >= 0.6 is 0 Å². The average molecular weight is 262 g/mol. The third-order valence-corrected chi connectivity index (χ3v) is 3.84. The lowest BCUT2D eigenvalue weighted by Gasteiger charge is -2.18. The lowest BCUT2D eigenvalue weighted by molar-refractivity contribution is 0.1000. The molecular weight excluding hydrogens is 240 g/mol. The number of amides is 1. The van der Waals surface area contributed by atoms with Crippen molar-refractivity contribution in [3.63, 3.8) is 0 Å². The van der Waals surface area contributed by atoms with Gasteiger partial charge in [-0.3, -0.25) is 4.79 Å². The van der Waals surface area contributed by atoms with Gasteiger partial charge in [-0.1, -0.05) is 6.42 Å². The third-order valence-electron chi connectivity index (χ3n) is 3.84. The number of primary amides is 1. The number of nitrogens with two attached hydrogens (primary N) is 2. The fraction of sp³-hybridized carbons (Fsp3) is 0.571. The lowest BCUT2D eigenvalue weighted by atomic mass is 10.0. The number of carbonyl (C=O) groups is 1. The number of rotatable bonds is 4. The van der Waals surface area contributed by atoms with Crippen LogP contribution in [0, 0.1) is 19.8 Å². The molecule has 5 N–H and O–H groups in total. The Morgan fingerprint density at radius 3 is 2.79 bits per heavy atom. The highest BCUT2D eigenvalue weighted by Crippen LogP contribution is 2.25. The maximum atomic E-state index is 11.5. The van der Waals surface area contributed by atoms with E-state index in [-0.39, 0.29) is 6.04 Å². The molecule has 0 radical (unpaired) electrons. The van der Waals surface area contributed by atoms with Gasteiger partial charge >= 0.3 is 0 Å². The van der Waals surface area contributed by atoms with Gasteiger partial charge in [-0.05, 0) is 44.2 Å². The standard InChI is InChI=1S/C14H22N4O/c1-8-6-9(2)18-14(12(8)13(16)19)17-7-10-4-3-5-11(10)15/h6,10-11H,3-5,7,15H2,1-2H3,(H2,16,19)(H,17,18). The topological polar surface area (TPSA) is 94.0 Å². The molecule has 0 aliphatic heterocycles. The summed E-state index contributed by atoms with van der Waals surface area (Å²) in [5.74, 6) is 0.593. The van der Waals surface area contributed by atoms with Gasteiger partial charge in [0, 0.05) is 18.3 Å². The molecule has 104 valence electrons. The van der Waals surface area contributed by atoms with E-state index in [4.69, 9.17) is 11.5 Å². The van der Waals surface area contributed by atoms with Crippen LogP contribution in [0.25, 0.3) is 0 Å². The second-order valence-electron chi connectivity index (χ2n) is 5.40. The lowest BCUT2D eigenvalue weighted by Crippen LogP contribution is -2.30. The molecule has 5 nitrogen and oxygen atoms in total. The summed E-state index contributed by atoms with van der Waals surface area (Å²) in [5.41, 5.74) is 13.7. The molecule has 1 heterocycles. The van der Waals surface area contributed by atoms with Crippen molar-refractivity contribution in [1.29, 1.82) is 0 Å². The molecule has 19 heavy (non-hydrogen) atoms. The summed E-state index contributed by atoms with van der Waals surface area (Å²) < 4.78 is 0. The Morgan fingerprint density at radius 1 is 1.47 bits per heavy atom. The second-order valence-corrected chi connectivity index (χ2v) is 5.40. The minimum absolute atomic E-state index is 0.246. The summed E-state index contributed by atoms with van der Waals surface area (Å²) in [6.45, 7) is 4.53. The average Bonchev–Trinajstić information content (AvgIpc) is 2.70. The van der Waals surface area contributed by atoms with Gasteiger partial charge in [0.05, 0.1) is 5.56 Å². The van der Waals surface area contributed by atoms with Crippen LogP contribution in [0.4, 0.5) is 5.82 Å². The molecular formula is C14H22N4O. The zero-order valence-electron chi connectivity index (χ0n) is 11.6. The van der Waals surface area contributed by atoms with Crippen LogP contribution in [0.15, 0.2) is 6.07 Å². The fourth-order valence-corrected chi connectivity index (χ4v) is 2.82. The number of carbonyl (C=O) groups excluding carboxylic acids is 1. The minimum atomic E-state index is -0.441. The van der Waals surface area contributed by atoms with Crippen molar-refractivity contribution < 1.29 is 4.79 Å². The Bertz CT molecular complexity index is 487. The van der Waals surface area contributed by atoms with Gasteiger partial charge in [0.1, 0.15) is 5.82 Å². The van der Waals surface area contributed by atoms with Gasteiger partial charge in [-0.2, -0.15) is 0 Å². The van der Waals surface area contributed by atoms with E-state index in [0.717, 1.165) is 30.6 Å². The van der Waals surface area contributed by atoms with Crippen LogP contribution in [0.3, 0.4) is 0 Å². The zero-order chi connectivity index (χ0) is 14.0. The molecule has 2 unspecified atom stereocenters. The smallest absolute Gasteiger partial charge is 0.252 e. The number of hydrogen-bond donors (Lipinski definition) is 3. The van der Waals surface area contributed by atoms with Crippen molar-refractivity contribution in [1.82, 2.24) is 4.98 Å². The van der Waals surface area contributed by atoms with Crippen molar-refractivity contribution in [3.8, 4) is 0 Å². The zero-order valence-corrected chi connectivity index (χ0v) is 11.6. The molecule has 2 atom stereocenters. The van der Waals surface area contributed by atoms with Crippen molar-refractivity contribution in [2.45, 2.75) is 39.2 Å². The first kappa shape index (κ1) is 13.8. The van der Waals surface area contributed by atoms with E-state index < -0.39 is 5.91 Å². The van der Waals surface area contributed by atoms with E-state index in [1.165, 1.54) is 6.42 Å². The molecule has 2 rings (SSSR count). The van der Waals surface area contributed by atoms with Gasteiger partial charge < -0.3 is 16.8 Å². The van der Waals surface area contributed by atoms with Crippen molar-refractivity contribution in [2.24, 2.45) is 17.4 Å². The number of aromatic nitrogens is 1. The van der Waals surface area contributed by atoms with Gasteiger partial charge in [0.25, 0.3) is 5.91 Å². The highest BCUT2D eigenvalue weighted by Gasteiger charge is 2.24. The number of pyridine rings is 1. The monoisotopic (exact) mass is 262 g/mol. The van der Waals surface area contributed by atoms with Crippen molar-refractivity contribution in [2.75, 3.05) is 11.9 Å². The van der Waals surface area contributed by atoms with Crippen LogP contribution in [-0.2, 0) is 0 Å². The molecule has 1 aliphatic carbocycles. The molecule has 0 saturated heterocycles. The Labute approximate surface area is 113 Å². The summed E-state index contributed by atoms with van der Waals surface area (Å²) in [7, 11) is 0. The molecule has 1 aromatic heterocycles. The molecule has 1 aromatic rings. The summed E-state index contributed by atoms with van der Waals surface area (Å²) >= 11 is 0. The number of nitrogens with one attached hydrogen (secondary N) is 1. The fourth-order valence-electron chi connectivity index (χ4n) is 2.82. The number of aryl methyl sites for hydroxylation is 2. The number of nitrogens with zero attached hydrogens (tertiary/aromatic N) is 1. The van der Waals surface area contributed by atoms with E-state index in [1.54, 1.807) is 0 Å². The molecule has 0 spiro atoms. The van der Waals surface area contributed by atoms with Crippen molar-refractivity contribution in [3.05, 3.63) is 22.9 Å². The van der Waals surface area contributed by atoms with Crippen LogP contribution in [0.5, 0.6) is 0 Å². The van der Waals surface area contributed by atoms with Gasteiger partial charge in [0.15, 0.2) is 0 Å². The van der Waals surface area contributed by atoms with Gasteiger partial charge in [0.2, 0.25) is 0 Å². The quantitative estimate of drug-likeness (QED) is 0.763. The Morgan fingerprint density at radius 2 is 2.21 bits per heavy atom. The van der Waals surface area contributed by atoms with Gasteiger partial charge in [-0.25, -0.2) is 4.98 Å². The molecule has 1 saturated carbocycles. The first-order valence-electron chi connectivity index (χ1n) is 6.76.